The normalized spacial score (nSPS) is 12.2. The van der Waals surface area contributed by atoms with Gasteiger partial charge in [0.2, 0.25) is 15.9 Å². The summed E-state index contributed by atoms with van der Waals surface area (Å²) in [5.74, 6) is -0.0757. The summed E-state index contributed by atoms with van der Waals surface area (Å²) in [7, 11) is -6.18. The highest BCUT2D eigenvalue weighted by atomic mass is 32.2. The van der Waals surface area contributed by atoms with Gasteiger partial charge in [-0.2, -0.15) is 4.31 Å². The SMILES string of the molecule is CN(CC(=O)Nc1ccc(S(=O)(=O)NCc2ccco2)cc1)S(=O)(=O)c1cccs1. The molecule has 0 aliphatic heterocycles. The van der Waals surface area contributed by atoms with E-state index >= 15 is 0 Å². The summed E-state index contributed by atoms with van der Waals surface area (Å²) in [5.41, 5.74) is 0.340. The number of benzene rings is 1. The molecule has 160 valence electrons. The molecular formula is C18H19N3O6S3. The highest BCUT2D eigenvalue weighted by Gasteiger charge is 2.24. The van der Waals surface area contributed by atoms with Gasteiger partial charge in [-0.15, -0.1) is 11.3 Å². The monoisotopic (exact) mass is 469 g/mol. The molecule has 3 rings (SSSR count). The Morgan fingerprint density at radius 1 is 1.07 bits per heavy atom. The highest BCUT2D eigenvalue weighted by Crippen LogP contribution is 2.20. The lowest BCUT2D eigenvalue weighted by molar-refractivity contribution is -0.116. The average molecular weight is 470 g/mol. The quantitative estimate of drug-likeness (QED) is 0.494. The zero-order chi connectivity index (χ0) is 21.8. The number of nitrogens with zero attached hydrogens (tertiary/aromatic N) is 1. The van der Waals surface area contributed by atoms with Crippen molar-refractivity contribution >= 4 is 43.0 Å². The first-order valence-corrected chi connectivity index (χ1v) is 12.4. The van der Waals surface area contributed by atoms with Gasteiger partial charge < -0.3 is 9.73 Å². The molecule has 2 N–H and O–H groups in total. The van der Waals surface area contributed by atoms with Crippen LogP contribution in [0.2, 0.25) is 0 Å². The summed E-state index contributed by atoms with van der Waals surface area (Å²) in [6, 6.07) is 11.9. The van der Waals surface area contributed by atoms with E-state index in [4.69, 9.17) is 4.42 Å². The molecule has 0 saturated heterocycles. The van der Waals surface area contributed by atoms with Crippen molar-refractivity contribution in [2.24, 2.45) is 0 Å². The Morgan fingerprint density at radius 2 is 1.80 bits per heavy atom. The van der Waals surface area contributed by atoms with Crippen molar-refractivity contribution in [2.75, 3.05) is 18.9 Å². The Labute approximate surface area is 178 Å². The van der Waals surface area contributed by atoms with Crippen LogP contribution in [-0.4, -0.2) is 40.6 Å². The van der Waals surface area contributed by atoms with Crippen LogP contribution < -0.4 is 10.0 Å². The molecule has 3 aromatic rings. The number of thiophene rings is 1. The van der Waals surface area contributed by atoms with Crippen molar-refractivity contribution in [3.05, 3.63) is 65.9 Å². The zero-order valence-electron chi connectivity index (χ0n) is 15.8. The summed E-state index contributed by atoms with van der Waals surface area (Å²) in [6.07, 6.45) is 1.45. The van der Waals surface area contributed by atoms with E-state index in [0.717, 1.165) is 15.6 Å². The number of nitrogens with one attached hydrogen (secondary N) is 2. The first kappa shape index (κ1) is 22.2. The topological polar surface area (TPSA) is 126 Å². The van der Waals surface area contributed by atoms with Gasteiger partial charge in [0.25, 0.3) is 10.0 Å². The summed E-state index contributed by atoms with van der Waals surface area (Å²) in [4.78, 5) is 12.2. The van der Waals surface area contributed by atoms with E-state index in [1.165, 1.54) is 43.6 Å². The Morgan fingerprint density at radius 3 is 2.40 bits per heavy atom. The maximum absolute atomic E-state index is 12.4. The molecule has 0 aliphatic rings. The van der Waals surface area contributed by atoms with Gasteiger partial charge in [0.05, 0.1) is 24.2 Å². The fourth-order valence-corrected chi connectivity index (χ4v) is 5.75. The van der Waals surface area contributed by atoms with Crippen LogP contribution in [0.4, 0.5) is 5.69 Å². The third kappa shape index (κ3) is 5.34. The van der Waals surface area contributed by atoms with Crippen LogP contribution in [0.3, 0.4) is 0 Å². The van der Waals surface area contributed by atoms with E-state index in [9.17, 15) is 21.6 Å². The lowest BCUT2D eigenvalue weighted by Gasteiger charge is -2.15. The largest absolute Gasteiger partial charge is 0.468 e. The summed E-state index contributed by atoms with van der Waals surface area (Å²) in [5, 5.41) is 4.19. The third-order valence-electron chi connectivity index (χ3n) is 3.99. The van der Waals surface area contributed by atoms with Crippen molar-refractivity contribution in [2.45, 2.75) is 15.6 Å². The number of hydrogen-bond donors (Lipinski definition) is 2. The minimum absolute atomic E-state index is 0.0128. The molecule has 0 spiro atoms. The van der Waals surface area contributed by atoms with Crippen LogP contribution in [0.5, 0.6) is 0 Å². The molecule has 0 bridgehead atoms. The molecule has 0 unspecified atom stereocenters. The van der Waals surface area contributed by atoms with Crippen molar-refractivity contribution in [1.82, 2.24) is 9.03 Å². The van der Waals surface area contributed by atoms with Crippen LogP contribution in [0.1, 0.15) is 5.76 Å². The maximum atomic E-state index is 12.4. The van der Waals surface area contributed by atoms with Crippen molar-refractivity contribution in [3.63, 3.8) is 0 Å². The van der Waals surface area contributed by atoms with Gasteiger partial charge in [0.15, 0.2) is 0 Å². The average Bonchev–Trinajstić information content (AvgIpc) is 3.41. The third-order valence-corrected chi connectivity index (χ3v) is 8.58. The minimum Gasteiger partial charge on any atom is -0.468 e. The van der Waals surface area contributed by atoms with Gasteiger partial charge >= 0.3 is 0 Å². The smallest absolute Gasteiger partial charge is 0.252 e. The fourth-order valence-electron chi connectivity index (χ4n) is 2.43. The highest BCUT2D eigenvalue weighted by molar-refractivity contribution is 7.91. The Hall–Kier alpha value is -2.51. The van der Waals surface area contributed by atoms with Gasteiger partial charge in [-0.1, -0.05) is 6.07 Å². The Bertz CT molecular complexity index is 1190. The molecule has 0 saturated carbocycles. The van der Waals surface area contributed by atoms with Crippen LogP contribution >= 0.6 is 11.3 Å². The number of carbonyl (C=O) groups excluding carboxylic acids is 1. The second kappa shape index (κ2) is 9.10. The van der Waals surface area contributed by atoms with E-state index in [0.29, 0.717) is 11.4 Å². The number of anilines is 1. The van der Waals surface area contributed by atoms with Crippen LogP contribution in [0, 0.1) is 0 Å². The van der Waals surface area contributed by atoms with Crippen molar-refractivity contribution in [3.8, 4) is 0 Å². The number of hydrogen-bond acceptors (Lipinski definition) is 7. The molecular weight excluding hydrogens is 450 g/mol. The summed E-state index contributed by atoms with van der Waals surface area (Å²) >= 11 is 1.07. The van der Waals surface area contributed by atoms with E-state index in [1.54, 1.807) is 23.6 Å². The van der Waals surface area contributed by atoms with E-state index in [2.05, 4.69) is 10.0 Å². The minimum atomic E-state index is -3.75. The van der Waals surface area contributed by atoms with Gasteiger partial charge in [-0.3, -0.25) is 4.79 Å². The Kier molecular flexibility index (Phi) is 6.73. The first-order valence-electron chi connectivity index (χ1n) is 8.60. The van der Waals surface area contributed by atoms with Gasteiger partial charge in [-0.25, -0.2) is 21.6 Å². The second-order valence-electron chi connectivity index (χ2n) is 6.17. The van der Waals surface area contributed by atoms with Crippen molar-refractivity contribution < 1.29 is 26.0 Å². The predicted molar refractivity (Wildman–Crippen MR) is 112 cm³/mol. The van der Waals surface area contributed by atoms with Gasteiger partial charge in [-0.05, 0) is 47.8 Å². The van der Waals surface area contributed by atoms with Crippen LogP contribution in [-0.2, 0) is 31.4 Å². The van der Waals surface area contributed by atoms with Gasteiger partial charge in [0, 0.05) is 12.7 Å². The molecule has 2 heterocycles. The molecule has 12 heteroatoms. The van der Waals surface area contributed by atoms with Crippen LogP contribution in [0.25, 0.3) is 0 Å². The van der Waals surface area contributed by atoms with Crippen LogP contribution in [0.15, 0.2) is 73.7 Å². The molecule has 9 nitrogen and oxygen atoms in total. The molecule has 0 fully saturated rings. The first-order chi connectivity index (χ1) is 14.2. The molecule has 0 radical (unpaired) electrons. The number of sulfonamides is 2. The fraction of sp³-hybridized carbons (Fsp3) is 0.167. The predicted octanol–water partition coefficient (Wildman–Crippen LogP) is 2.08. The van der Waals surface area contributed by atoms with Gasteiger partial charge in [0.1, 0.15) is 9.97 Å². The summed E-state index contributed by atoms with van der Waals surface area (Å²) < 4.78 is 57.9. The molecule has 30 heavy (non-hydrogen) atoms. The molecule has 1 aromatic carbocycles. The number of rotatable bonds is 9. The zero-order valence-corrected chi connectivity index (χ0v) is 18.3. The molecule has 2 aromatic heterocycles. The van der Waals surface area contributed by atoms with E-state index < -0.39 is 26.0 Å². The maximum Gasteiger partial charge on any atom is 0.252 e. The molecule has 0 atom stereocenters. The number of amides is 1. The summed E-state index contributed by atoms with van der Waals surface area (Å²) in [6.45, 7) is -0.371. The lowest BCUT2D eigenvalue weighted by Crippen LogP contribution is -2.34. The van der Waals surface area contributed by atoms with E-state index in [-0.39, 0.29) is 22.2 Å². The molecule has 1 amide bonds. The number of carbonyl (C=O) groups is 1. The van der Waals surface area contributed by atoms with Crippen molar-refractivity contribution in [1.29, 1.82) is 0 Å². The number of furan rings is 1. The second-order valence-corrected chi connectivity index (χ2v) is 11.2. The Balaban J connectivity index is 1.59. The van der Waals surface area contributed by atoms with E-state index in [1.807, 2.05) is 0 Å². The molecule has 0 aliphatic carbocycles. The lowest BCUT2D eigenvalue weighted by atomic mass is 10.3. The standard InChI is InChI=1S/C18H19N3O6S3/c1-21(30(25,26)18-5-3-11-28-18)13-17(22)20-14-6-8-16(9-7-14)29(23,24)19-12-15-4-2-10-27-15/h2-11,19H,12-13H2,1H3,(H,20,22). The number of likely N-dealkylation sites (N-methyl/N-ethyl adjacent to an activating group) is 1.